The largest absolute Gasteiger partial charge is 0.472 e. The number of hydrogen-bond donors (Lipinski definition) is 11. The molecular formula is C73H133O24P. The molecule has 0 spiro atoms. The first-order chi connectivity index (χ1) is 47.3. The Kier molecular flexibility index (Phi) is 50.3. The van der Waals surface area contributed by atoms with Gasteiger partial charge in [0.15, 0.2) is 18.7 Å². The second kappa shape index (κ2) is 55.0. The lowest BCUT2D eigenvalue weighted by molar-refractivity contribution is -0.360. The Morgan fingerprint density at radius 3 is 1.20 bits per heavy atom. The second-order valence-corrected chi connectivity index (χ2v) is 28.9. The van der Waals surface area contributed by atoms with Gasteiger partial charge in [0, 0.05) is 18.9 Å². The van der Waals surface area contributed by atoms with Gasteiger partial charge in [-0.15, -0.1) is 0 Å². The van der Waals surface area contributed by atoms with Gasteiger partial charge in [-0.05, 0) is 25.7 Å². The van der Waals surface area contributed by atoms with Gasteiger partial charge in [0.05, 0.1) is 13.2 Å². The van der Waals surface area contributed by atoms with Crippen LogP contribution in [-0.4, -0.2) is 204 Å². The van der Waals surface area contributed by atoms with E-state index in [2.05, 4.69) is 20.8 Å². The summed E-state index contributed by atoms with van der Waals surface area (Å²) in [6.07, 6.45) is 15.9. The topological polar surface area (TPSA) is 374 Å². The summed E-state index contributed by atoms with van der Waals surface area (Å²) in [5.74, 6) is -2.21. The normalized spacial score (nSPS) is 27.7. The lowest BCUT2D eigenvalue weighted by Crippen LogP contribution is -2.69. The average molecular weight is 1430 g/mol. The maximum atomic E-state index is 14.3. The number of carbonyl (C=O) groups is 3. The van der Waals surface area contributed by atoms with Gasteiger partial charge in [-0.2, -0.15) is 0 Å². The molecule has 1 saturated carbocycles. The van der Waals surface area contributed by atoms with Gasteiger partial charge in [-0.3, -0.25) is 18.6 Å². The fourth-order valence-electron chi connectivity index (χ4n) is 12.6. The van der Waals surface area contributed by atoms with Crippen LogP contribution in [0, 0.1) is 0 Å². The van der Waals surface area contributed by atoms with Crippen molar-refractivity contribution in [2.45, 2.75) is 395 Å². The number of rotatable bonds is 59. The summed E-state index contributed by atoms with van der Waals surface area (Å²) >= 11 is 0. The Bertz CT molecular complexity index is 2120. The third-order valence-electron chi connectivity index (χ3n) is 18.8. The van der Waals surface area contributed by atoms with Crippen LogP contribution in [0.15, 0.2) is 24.3 Å². The first-order valence-electron chi connectivity index (χ1n) is 38.2. The van der Waals surface area contributed by atoms with E-state index in [9.17, 15) is 74.9 Å². The summed E-state index contributed by atoms with van der Waals surface area (Å²) in [4.78, 5) is 50.9. The van der Waals surface area contributed by atoms with Crippen molar-refractivity contribution in [2.75, 3.05) is 26.4 Å². The second-order valence-electron chi connectivity index (χ2n) is 27.4. The van der Waals surface area contributed by atoms with Crippen LogP contribution in [0.4, 0.5) is 0 Å². The number of aliphatic hydroxyl groups is 10. The van der Waals surface area contributed by atoms with Crippen LogP contribution in [0.5, 0.6) is 0 Å². The molecule has 18 unspecified atom stereocenters. The molecule has 24 nitrogen and oxygen atoms in total. The zero-order valence-electron chi connectivity index (χ0n) is 59.8. The summed E-state index contributed by atoms with van der Waals surface area (Å²) in [5.41, 5.74) is 0. The van der Waals surface area contributed by atoms with Crippen molar-refractivity contribution in [3.05, 3.63) is 24.3 Å². The molecule has 2 aliphatic heterocycles. The molecule has 0 aromatic heterocycles. The third-order valence-corrected chi connectivity index (χ3v) is 19.8. The van der Waals surface area contributed by atoms with Crippen molar-refractivity contribution >= 4 is 25.7 Å². The van der Waals surface area contributed by atoms with Crippen LogP contribution in [0.3, 0.4) is 0 Å². The zero-order valence-corrected chi connectivity index (χ0v) is 60.7. The van der Waals surface area contributed by atoms with Gasteiger partial charge in [0.1, 0.15) is 98.7 Å². The van der Waals surface area contributed by atoms with E-state index in [0.29, 0.717) is 12.8 Å². The molecule has 0 bridgehead atoms. The molecule has 2 heterocycles. The molecule has 11 N–H and O–H groups in total. The number of phosphoric ester groups is 1. The maximum absolute atomic E-state index is 14.3. The molecule has 574 valence electrons. The van der Waals surface area contributed by atoms with E-state index in [1.54, 1.807) is 6.08 Å². The van der Waals surface area contributed by atoms with Gasteiger partial charge in [0.25, 0.3) is 0 Å². The van der Waals surface area contributed by atoms with Crippen molar-refractivity contribution in [1.82, 2.24) is 0 Å². The van der Waals surface area contributed by atoms with Crippen molar-refractivity contribution in [3.8, 4) is 0 Å². The van der Waals surface area contributed by atoms with Crippen molar-refractivity contribution in [1.29, 1.82) is 0 Å². The van der Waals surface area contributed by atoms with Gasteiger partial charge in [-0.25, -0.2) is 9.36 Å². The standard InChI is InChI=1S/C73H133O24P/c1-4-7-10-13-16-19-22-25-27-29-31-33-35-38-41-44-47-57(75)89-51-54(92-59(77)49-46-43-40-37-32-24-21-18-15-12-9-6-3)52-91-98(87,88)97-71-69(95-72-67(85)62(80)60(78)55(50-74)93-72)65(83)64(82)66(84)70(71)96-73-68(86)63(81)61(79)56(94-73)53-90-58(76)48-45-42-39-36-34-30-28-26-23-20-17-14-11-8-5-2/h39,42,45,48,54-56,60-74,78-86H,4-38,40-41,43-44,46-47,49-53H2,1-3H3,(H,87,88)/b42-39+,48-45+. The fraction of sp³-hybridized carbons (Fsp3) is 0.904. The molecule has 18 atom stereocenters. The van der Waals surface area contributed by atoms with Crippen molar-refractivity contribution in [3.63, 3.8) is 0 Å². The number of ether oxygens (including phenoxy) is 7. The maximum Gasteiger partial charge on any atom is 0.472 e. The number of esters is 3. The van der Waals surface area contributed by atoms with Crippen molar-refractivity contribution < 1.29 is 117 Å². The minimum atomic E-state index is -5.70. The number of unbranched alkanes of at least 4 members (excludes halogenated alkanes) is 37. The van der Waals surface area contributed by atoms with E-state index < -0.39 is 156 Å². The highest BCUT2D eigenvalue weighted by Crippen LogP contribution is 2.49. The molecule has 0 radical (unpaired) electrons. The minimum Gasteiger partial charge on any atom is -0.462 e. The fourth-order valence-corrected chi connectivity index (χ4v) is 13.6. The Balaban J connectivity index is 1.74. The lowest BCUT2D eigenvalue weighted by Gasteiger charge is -2.49. The Hall–Kier alpha value is -2.56. The minimum absolute atomic E-state index is 0.0389. The number of carbonyl (C=O) groups excluding carboxylic acids is 3. The van der Waals surface area contributed by atoms with Crippen LogP contribution in [-0.2, 0) is 61.2 Å². The Labute approximate surface area is 585 Å². The van der Waals surface area contributed by atoms with Gasteiger partial charge in [0.2, 0.25) is 0 Å². The average Bonchev–Trinajstić information content (AvgIpc) is 0.762. The molecule has 0 aromatic carbocycles. The van der Waals surface area contributed by atoms with Crippen LogP contribution in [0.2, 0.25) is 0 Å². The Morgan fingerprint density at radius 2 is 0.786 bits per heavy atom. The molecule has 3 fully saturated rings. The molecule has 25 heteroatoms. The predicted octanol–water partition coefficient (Wildman–Crippen LogP) is 10.5. The number of allylic oxidation sites excluding steroid dienone is 3. The molecule has 1 aliphatic carbocycles. The first-order valence-corrected chi connectivity index (χ1v) is 39.7. The molecule has 0 aromatic rings. The molecule has 3 rings (SSSR count). The summed E-state index contributed by atoms with van der Waals surface area (Å²) in [6, 6.07) is 0. The van der Waals surface area contributed by atoms with E-state index >= 15 is 0 Å². The molecule has 2 saturated heterocycles. The molecular weight excluding hydrogens is 1290 g/mol. The number of phosphoric acid groups is 1. The monoisotopic (exact) mass is 1420 g/mol. The van der Waals surface area contributed by atoms with E-state index in [0.717, 1.165) is 89.5 Å². The van der Waals surface area contributed by atoms with E-state index in [4.69, 9.17) is 42.2 Å². The Morgan fingerprint density at radius 1 is 0.418 bits per heavy atom. The summed E-state index contributed by atoms with van der Waals surface area (Å²) < 4.78 is 64.8. The highest BCUT2D eigenvalue weighted by molar-refractivity contribution is 7.47. The molecule has 3 aliphatic rings. The molecule has 98 heavy (non-hydrogen) atoms. The highest BCUT2D eigenvalue weighted by Gasteiger charge is 2.58. The summed E-state index contributed by atoms with van der Waals surface area (Å²) in [5, 5.41) is 110. The smallest absolute Gasteiger partial charge is 0.462 e. The predicted molar refractivity (Wildman–Crippen MR) is 370 cm³/mol. The van der Waals surface area contributed by atoms with Gasteiger partial charge in [-0.1, -0.05) is 270 Å². The molecule has 0 amide bonds. The van der Waals surface area contributed by atoms with Crippen LogP contribution >= 0.6 is 7.82 Å². The van der Waals surface area contributed by atoms with Crippen LogP contribution < -0.4 is 0 Å². The SMILES string of the molecule is CCCCCCCCCCCCC/C=C/C=C/C(=O)OCC1OC(OC2C(O)C(O)C(O)C(OC3OC(CO)C(O)C(O)C3O)C2OP(=O)(O)OCC(COC(=O)CCCCCCCCCCCCCCCCCC)OC(=O)CCCCCCCCCCCCCC)C(O)C(O)C1O. The van der Waals surface area contributed by atoms with E-state index in [-0.39, 0.29) is 12.8 Å². The lowest BCUT2D eigenvalue weighted by atomic mass is 9.84. The van der Waals surface area contributed by atoms with E-state index in [1.165, 1.54) is 167 Å². The van der Waals surface area contributed by atoms with E-state index in [1.807, 2.05) is 6.08 Å². The quantitative estimate of drug-likeness (QED) is 0.00673. The van der Waals surface area contributed by atoms with Gasteiger partial charge < -0.3 is 89.1 Å². The highest BCUT2D eigenvalue weighted by atomic mass is 31.2. The summed E-state index contributed by atoms with van der Waals surface area (Å²) in [6.45, 7) is 3.37. The first kappa shape index (κ1) is 89.7. The zero-order chi connectivity index (χ0) is 71.8. The van der Waals surface area contributed by atoms with Crippen LogP contribution in [0.1, 0.15) is 290 Å². The summed E-state index contributed by atoms with van der Waals surface area (Å²) in [7, 11) is -5.70. The van der Waals surface area contributed by atoms with Crippen molar-refractivity contribution in [2.24, 2.45) is 0 Å². The number of aliphatic hydroxyl groups excluding tert-OH is 10. The van der Waals surface area contributed by atoms with Gasteiger partial charge >= 0.3 is 25.7 Å². The number of hydrogen-bond acceptors (Lipinski definition) is 23. The third kappa shape index (κ3) is 37.7. The van der Waals surface area contributed by atoms with Crippen LogP contribution in [0.25, 0.3) is 0 Å².